The maximum Gasteiger partial charge on any atom is 0.320 e. The molecule has 0 N–H and O–H groups in total. The average molecular weight is 195 g/mol. The van der Waals surface area contributed by atoms with Crippen LogP contribution < -0.4 is 0 Å². The van der Waals surface area contributed by atoms with E-state index in [0.717, 1.165) is 12.5 Å². The van der Waals surface area contributed by atoms with Gasteiger partial charge in [-0.25, -0.2) is 0 Å². The second kappa shape index (κ2) is 3.95. The Balaban J connectivity index is 3.02. The Morgan fingerprint density at radius 2 is 1.93 bits per heavy atom. The van der Waals surface area contributed by atoms with Crippen LogP contribution in [0, 0.1) is 10.1 Å². The summed E-state index contributed by atoms with van der Waals surface area (Å²) in [6, 6.07) is 0. The molecule has 1 rings (SSSR count). The normalized spacial score (nSPS) is 16.4. The van der Waals surface area contributed by atoms with Crippen molar-refractivity contribution in [3.63, 3.8) is 0 Å². The maximum absolute atomic E-state index is 11.3. The highest BCUT2D eigenvalue weighted by Gasteiger charge is 2.32. The van der Waals surface area contributed by atoms with Gasteiger partial charge >= 0.3 is 11.5 Å². The molecule has 0 aromatic heterocycles. The summed E-state index contributed by atoms with van der Waals surface area (Å²) in [6.45, 7) is 1.87. The maximum atomic E-state index is 11.3. The third-order valence-corrected chi connectivity index (χ3v) is 1.89. The second-order valence-corrected chi connectivity index (χ2v) is 2.91. The molecule has 0 spiro atoms. The molecule has 0 atom stereocenters. The Kier molecular flexibility index (Phi) is 2.91. The molecule has 1 aliphatic rings. The van der Waals surface area contributed by atoms with Crippen LogP contribution in [0.25, 0.3) is 0 Å². The number of carbonyl (C=O) groups excluding carboxylic acids is 2. The predicted molar refractivity (Wildman–Crippen MR) is 48.1 cm³/mol. The van der Waals surface area contributed by atoms with Crippen molar-refractivity contribution in [3.05, 3.63) is 33.5 Å². The number of rotatable bonds is 3. The smallest absolute Gasteiger partial charge is 0.285 e. The number of hydrogen-bond donors (Lipinski definition) is 0. The lowest BCUT2D eigenvalue weighted by Gasteiger charge is -2.05. The Labute approximate surface area is 80.2 Å². The number of hydrogen-bond acceptors (Lipinski definition) is 4. The van der Waals surface area contributed by atoms with E-state index in [1.54, 1.807) is 0 Å². The van der Waals surface area contributed by atoms with E-state index in [1.807, 2.05) is 6.92 Å². The molecule has 0 saturated heterocycles. The first-order valence-corrected chi connectivity index (χ1v) is 4.22. The lowest BCUT2D eigenvalue weighted by atomic mass is 9.96. The molecule has 0 saturated carbocycles. The molecular formula is C9H9NO4. The van der Waals surface area contributed by atoms with Crippen molar-refractivity contribution in [2.45, 2.75) is 19.8 Å². The Bertz CT molecular complexity index is 365. The van der Waals surface area contributed by atoms with Gasteiger partial charge in [0, 0.05) is 11.6 Å². The highest BCUT2D eigenvalue weighted by molar-refractivity contribution is 6.49. The number of nitro groups is 1. The van der Waals surface area contributed by atoms with E-state index >= 15 is 0 Å². The Hall–Kier alpha value is -1.78. The number of allylic oxidation sites excluding steroid dienone is 4. The van der Waals surface area contributed by atoms with E-state index in [2.05, 4.69) is 0 Å². The summed E-state index contributed by atoms with van der Waals surface area (Å²) in [4.78, 5) is 31.9. The van der Waals surface area contributed by atoms with Crippen molar-refractivity contribution in [1.82, 2.24) is 0 Å². The van der Waals surface area contributed by atoms with Crippen LogP contribution in [0.1, 0.15) is 19.8 Å². The summed E-state index contributed by atoms with van der Waals surface area (Å²) < 4.78 is 0. The molecule has 0 heterocycles. The van der Waals surface area contributed by atoms with Crippen LogP contribution in [0.15, 0.2) is 23.4 Å². The zero-order valence-corrected chi connectivity index (χ0v) is 7.65. The van der Waals surface area contributed by atoms with Crippen molar-refractivity contribution >= 4 is 11.6 Å². The SMILES string of the molecule is CCCC1=CC=C([N+](=O)[O-])C(=O)C1=O. The minimum absolute atomic E-state index is 0.350. The molecule has 0 unspecified atom stereocenters. The van der Waals surface area contributed by atoms with Crippen LogP contribution in [0.3, 0.4) is 0 Å². The Morgan fingerprint density at radius 3 is 2.43 bits per heavy atom. The van der Waals surface area contributed by atoms with Gasteiger partial charge in [0.1, 0.15) is 0 Å². The first kappa shape index (κ1) is 10.3. The van der Waals surface area contributed by atoms with Crippen LogP contribution in [0.2, 0.25) is 0 Å². The van der Waals surface area contributed by atoms with Gasteiger partial charge in [-0.3, -0.25) is 19.7 Å². The van der Waals surface area contributed by atoms with Gasteiger partial charge in [-0.15, -0.1) is 0 Å². The first-order valence-electron chi connectivity index (χ1n) is 4.22. The summed E-state index contributed by atoms with van der Waals surface area (Å²) in [6.07, 6.45) is 3.65. The zero-order valence-electron chi connectivity index (χ0n) is 7.65. The number of Topliss-reactive ketones (excluding diaryl/α,β-unsaturated/α-hetero) is 2. The summed E-state index contributed by atoms with van der Waals surface area (Å²) in [5, 5.41) is 10.3. The highest BCUT2D eigenvalue weighted by Crippen LogP contribution is 2.16. The summed E-state index contributed by atoms with van der Waals surface area (Å²) in [7, 11) is 0. The number of carbonyl (C=O) groups is 2. The number of nitrogens with zero attached hydrogens (tertiary/aromatic N) is 1. The largest absolute Gasteiger partial charge is 0.320 e. The van der Waals surface area contributed by atoms with Crippen LogP contribution in [0.4, 0.5) is 0 Å². The molecule has 0 bridgehead atoms. The molecule has 5 nitrogen and oxygen atoms in total. The molecule has 0 fully saturated rings. The standard InChI is InChI=1S/C9H9NO4/c1-2-3-6-4-5-7(10(13)14)9(12)8(6)11/h4-5H,2-3H2,1H3. The van der Waals surface area contributed by atoms with Gasteiger partial charge in [0.25, 0.3) is 0 Å². The molecule has 1 aliphatic carbocycles. The highest BCUT2D eigenvalue weighted by atomic mass is 16.6. The molecule has 5 heteroatoms. The molecule has 0 aliphatic heterocycles. The summed E-state index contributed by atoms with van der Waals surface area (Å²) in [5.41, 5.74) is -0.294. The topological polar surface area (TPSA) is 77.3 Å². The summed E-state index contributed by atoms with van der Waals surface area (Å²) in [5.74, 6) is -1.76. The van der Waals surface area contributed by atoms with E-state index in [9.17, 15) is 19.7 Å². The third-order valence-electron chi connectivity index (χ3n) is 1.89. The predicted octanol–water partition coefficient (Wildman–Crippen LogP) is 1.03. The molecule has 0 aromatic carbocycles. The fourth-order valence-electron chi connectivity index (χ4n) is 1.20. The Morgan fingerprint density at radius 1 is 1.29 bits per heavy atom. The minimum atomic E-state index is -1.01. The van der Waals surface area contributed by atoms with Crippen LogP contribution in [-0.4, -0.2) is 16.5 Å². The van der Waals surface area contributed by atoms with Gasteiger partial charge in [-0.1, -0.05) is 13.3 Å². The molecular weight excluding hydrogens is 186 g/mol. The van der Waals surface area contributed by atoms with Crippen molar-refractivity contribution < 1.29 is 14.5 Å². The lowest BCUT2D eigenvalue weighted by Crippen LogP contribution is -2.25. The van der Waals surface area contributed by atoms with Gasteiger partial charge < -0.3 is 0 Å². The first-order chi connectivity index (χ1) is 6.57. The van der Waals surface area contributed by atoms with Crippen molar-refractivity contribution in [2.75, 3.05) is 0 Å². The third kappa shape index (κ3) is 1.76. The van der Waals surface area contributed by atoms with E-state index in [4.69, 9.17) is 0 Å². The molecule has 0 aromatic rings. The van der Waals surface area contributed by atoms with Crippen molar-refractivity contribution in [3.8, 4) is 0 Å². The van der Waals surface area contributed by atoms with Crippen molar-refractivity contribution in [2.24, 2.45) is 0 Å². The van der Waals surface area contributed by atoms with E-state index in [-0.39, 0.29) is 0 Å². The van der Waals surface area contributed by atoms with Gasteiger partial charge in [-0.05, 0) is 12.5 Å². The molecule has 0 radical (unpaired) electrons. The average Bonchev–Trinajstić information content (AvgIpc) is 2.13. The quantitative estimate of drug-likeness (QED) is 0.291. The fraction of sp³-hybridized carbons (Fsp3) is 0.333. The van der Waals surface area contributed by atoms with E-state index < -0.39 is 22.2 Å². The molecule has 14 heavy (non-hydrogen) atoms. The lowest BCUT2D eigenvalue weighted by molar-refractivity contribution is -0.418. The van der Waals surface area contributed by atoms with Gasteiger partial charge in [0.15, 0.2) is 0 Å². The second-order valence-electron chi connectivity index (χ2n) is 2.91. The van der Waals surface area contributed by atoms with Crippen LogP contribution >= 0.6 is 0 Å². The van der Waals surface area contributed by atoms with E-state index in [1.165, 1.54) is 6.08 Å². The minimum Gasteiger partial charge on any atom is -0.285 e. The molecule has 74 valence electrons. The van der Waals surface area contributed by atoms with Crippen molar-refractivity contribution in [1.29, 1.82) is 0 Å². The number of ketones is 2. The summed E-state index contributed by atoms with van der Waals surface area (Å²) >= 11 is 0. The molecule has 0 amide bonds. The van der Waals surface area contributed by atoms with Crippen LogP contribution in [-0.2, 0) is 9.59 Å². The van der Waals surface area contributed by atoms with Gasteiger partial charge in [-0.2, -0.15) is 0 Å². The van der Waals surface area contributed by atoms with Crippen LogP contribution in [0.5, 0.6) is 0 Å². The van der Waals surface area contributed by atoms with Gasteiger partial charge in [0.05, 0.1) is 4.92 Å². The zero-order chi connectivity index (χ0) is 10.7. The van der Waals surface area contributed by atoms with E-state index in [0.29, 0.717) is 12.0 Å². The fourth-order valence-corrected chi connectivity index (χ4v) is 1.20. The monoisotopic (exact) mass is 195 g/mol. The van der Waals surface area contributed by atoms with Gasteiger partial charge in [0.2, 0.25) is 5.78 Å².